The topological polar surface area (TPSA) is 41.6 Å². The van der Waals surface area contributed by atoms with Crippen molar-refractivity contribution in [2.45, 2.75) is 24.3 Å². The van der Waals surface area contributed by atoms with Gasteiger partial charge in [-0.05, 0) is 38.6 Å². The predicted molar refractivity (Wildman–Crippen MR) is 99.8 cm³/mol. The normalized spacial score (nSPS) is 16.3. The second kappa shape index (κ2) is 7.28. The van der Waals surface area contributed by atoms with Gasteiger partial charge in [0.25, 0.3) is 0 Å². The van der Waals surface area contributed by atoms with Crippen LogP contribution < -0.4 is 10.1 Å². The fourth-order valence-electron chi connectivity index (χ4n) is 3.40. The molecule has 1 amide bonds. The number of hydrogen-bond donors (Lipinski definition) is 1. The molecule has 0 heterocycles. The molecular formula is C21H26N2O2. The molecule has 0 spiro atoms. The van der Waals surface area contributed by atoms with E-state index in [-0.39, 0.29) is 17.4 Å². The summed E-state index contributed by atoms with van der Waals surface area (Å²) in [5.41, 5.74) is 1.87. The molecule has 1 unspecified atom stereocenters. The Morgan fingerprint density at radius 3 is 2.36 bits per heavy atom. The van der Waals surface area contributed by atoms with E-state index in [0.29, 0.717) is 6.54 Å². The second-order valence-electron chi connectivity index (χ2n) is 6.88. The minimum atomic E-state index is -0.334. The van der Waals surface area contributed by atoms with E-state index in [1.807, 2.05) is 50.5 Å². The lowest BCUT2D eigenvalue weighted by Gasteiger charge is -2.27. The summed E-state index contributed by atoms with van der Waals surface area (Å²) in [6.45, 7) is 0.556. The predicted octanol–water partition coefficient (Wildman–Crippen LogP) is 3.15. The number of carbonyl (C=O) groups excluding carboxylic acids is 1. The summed E-state index contributed by atoms with van der Waals surface area (Å²) >= 11 is 0. The molecule has 0 saturated heterocycles. The van der Waals surface area contributed by atoms with Gasteiger partial charge in [-0.25, -0.2) is 0 Å². The summed E-state index contributed by atoms with van der Waals surface area (Å²) in [4.78, 5) is 15.0. The highest BCUT2D eigenvalue weighted by Gasteiger charge is 2.51. The van der Waals surface area contributed by atoms with E-state index in [1.54, 1.807) is 7.11 Å². The fraction of sp³-hybridized carbons (Fsp3) is 0.381. The Hall–Kier alpha value is -2.33. The van der Waals surface area contributed by atoms with Crippen LogP contribution in [-0.4, -0.2) is 38.6 Å². The number of likely N-dealkylation sites (N-methyl/N-ethyl adjacent to an activating group) is 1. The first-order valence-corrected chi connectivity index (χ1v) is 8.71. The SMILES string of the molecule is COc1ccccc1C(CNC(=O)C1(c2ccccc2)CC1)N(C)C. The number of hydrogen-bond acceptors (Lipinski definition) is 3. The van der Waals surface area contributed by atoms with Crippen LogP contribution in [0, 0.1) is 0 Å². The van der Waals surface area contributed by atoms with Gasteiger partial charge in [-0.1, -0.05) is 48.5 Å². The van der Waals surface area contributed by atoms with Crippen molar-refractivity contribution in [3.8, 4) is 5.75 Å². The molecule has 1 N–H and O–H groups in total. The molecule has 2 aromatic rings. The first kappa shape index (κ1) is 17.5. The molecule has 3 rings (SSSR count). The largest absolute Gasteiger partial charge is 0.496 e. The lowest BCUT2D eigenvalue weighted by atomic mass is 9.94. The highest BCUT2D eigenvalue weighted by Crippen LogP contribution is 2.48. The van der Waals surface area contributed by atoms with Gasteiger partial charge in [-0.15, -0.1) is 0 Å². The van der Waals surface area contributed by atoms with Crippen molar-refractivity contribution in [1.82, 2.24) is 10.2 Å². The van der Waals surface area contributed by atoms with Crippen LogP contribution in [-0.2, 0) is 10.2 Å². The van der Waals surface area contributed by atoms with Crippen LogP contribution >= 0.6 is 0 Å². The van der Waals surface area contributed by atoms with Crippen molar-refractivity contribution >= 4 is 5.91 Å². The third-order valence-electron chi connectivity index (χ3n) is 5.09. The number of methoxy groups -OCH3 is 1. The van der Waals surface area contributed by atoms with Gasteiger partial charge in [-0.2, -0.15) is 0 Å². The third-order valence-corrected chi connectivity index (χ3v) is 5.09. The van der Waals surface area contributed by atoms with Gasteiger partial charge in [0.15, 0.2) is 0 Å². The monoisotopic (exact) mass is 338 g/mol. The first-order valence-electron chi connectivity index (χ1n) is 8.71. The molecule has 25 heavy (non-hydrogen) atoms. The molecule has 1 saturated carbocycles. The lowest BCUT2D eigenvalue weighted by Crippen LogP contribution is -2.40. The zero-order valence-corrected chi connectivity index (χ0v) is 15.2. The molecule has 1 fully saturated rings. The van der Waals surface area contributed by atoms with Gasteiger partial charge >= 0.3 is 0 Å². The molecule has 1 aliphatic rings. The van der Waals surface area contributed by atoms with E-state index >= 15 is 0 Å². The molecule has 0 radical (unpaired) electrons. The van der Waals surface area contributed by atoms with Gasteiger partial charge in [0.2, 0.25) is 5.91 Å². The Labute approximate surface area is 149 Å². The van der Waals surface area contributed by atoms with Crippen LogP contribution in [0.1, 0.15) is 30.0 Å². The molecule has 0 aliphatic heterocycles. The zero-order chi connectivity index (χ0) is 17.9. The average Bonchev–Trinajstić information content (AvgIpc) is 3.44. The maximum absolute atomic E-state index is 12.9. The van der Waals surface area contributed by atoms with Crippen LogP contribution in [0.4, 0.5) is 0 Å². The quantitative estimate of drug-likeness (QED) is 0.843. The van der Waals surface area contributed by atoms with Crippen LogP contribution in [0.25, 0.3) is 0 Å². The second-order valence-corrected chi connectivity index (χ2v) is 6.88. The number of nitrogens with one attached hydrogen (secondary N) is 1. The number of ether oxygens (including phenoxy) is 1. The van der Waals surface area contributed by atoms with Crippen molar-refractivity contribution in [2.24, 2.45) is 0 Å². The Morgan fingerprint density at radius 1 is 1.12 bits per heavy atom. The number of para-hydroxylation sites is 1. The molecule has 4 heteroatoms. The first-order chi connectivity index (χ1) is 12.1. The Kier molecular flexibility index (Phi) is 5.09. The van der Waals surface area contributed by atoms with Crippen molar-refractivity contribution < 1.29 is 9.53 Å². The van der Waals surface area contributed by atoms with Gasteiger partial charge in [0.05, 0.1) is 18.6 Å². The zero-order valence-electron chi connectivity index (χ0n) is 15.2. The number of benzene rings is 2. The number of nitrogens with zero attached hydrogens (tertiary/aromatic N) is 1. The van der Waals surface area contributed by atoms with Gasteiger partial charge in [0, 0.05) is 12.1 Å². The van der Waals surface area contributed by atoms with E-state index in [4.69, 9.17) is 4.74 Å². The van der Waals surface area contributed by atoms with Gasteiger partial charge in [0.1, 0.15) is 5.75 Å². The van der Waals surface area contributed by atoms with Crippen LogP contribution in [0.3, 0.4) is 0 Å². The van der Waals surface area contributed by atoms with E-state index in [0.717, 1.165) is 29.7 Å². The smallest absolute Gasteiger partial charge is 0.230 e. The van der Waals surface area contributed by atoms with Crippen molar-refractivity contribution in [3.63, 3.8) is 0 Å². The maximum atomic E-state index is 12.9. The summed E-state index contributed by atoms with van der Waals surface area (Å²) in [6, 6.07) is 18.1. The Morgan fingerprint density at radius 2 is 1.76 bits per heavy atom. The summed E-state index contributed by atoms with van der Waals surface area (Å²) in [6.07, 6.45) is 1.84. The molecule has 1 atom stereocenters. The van der Waals surface area contributed by atoms with Crippen molar-refractivity contribution in [3.05, 3.63) is 65.7 Å². The number of amides is 1. The summed E-state index contributed by atoms with van der Waals surface area (Å²) in [5.74, 6) is 0.972. The maximum Gasteiger partial charge on any atom is 0.230 e. The molecule has 4 nitrogen and oxygen atoms in total. The fourth-order valence-corrected chi connectivity index (χ4v) is 3.40. The Balaban J connectivity index is 1.73. The molecule has 0 bridgehead atoms. The highest BCUT2D eigenvalue weighted by molar-refractivity contribution is 5.91. The van der Waals surface area contributed by atoms with Crippen LogP contribution in [0.5, 0.6) is 5.75 Å². The highest BCUT2D eigenvalue weighted by atomic mass is 16.5. The summed E-state index contributed by atoms with van der Waals surface area (Å²) in [5, 5.41) is 3.18. The van der Waals surface area contributed by atoms with Crippen molar-refractivity contribution in [2.75, 3.05) is 27.7 Å². The number of carbonyl (C=O) groups is 1. The minimum Gasteiger partial charge on any atom is -0.496 e. The average molecular weight is 338 g/mol. The van der Waals surface area contributed by atoms with E-state index in [1.165, 1.54) is 0 Å². The number of rotatable bonds is 7. The van der Waals surface area contributed by atoms with E-state index < -0.39 is 0 Å². The minimum absolute atomic E-state index is 0.0617. The molecule has 1 aliphatic carbocycles. The molecular weight excluding hydrogens is 312 g/mol. The summed E-state index contributed by atoms with van der Waals surface area (Å²) in [7, 11) is 5.72. The third kappa shape index (κ3) is 3.54. The summed E-state index contributed by atoms with van der Waals surface area (Å²) < 4.78 is 5.49. The van der Waals surface area contributed by atoms with Crippen LogP contribution in [0.15, 0.2) is 54.6 Å². The van der Waals surface area contributed by atoms with Gasteiger partial charge in [-0.3, -0.25) is 4.79 Å². The van der Waals surface area contributed by atoms with Gasteiger partial charge < -0.3 is 15.0 Å². The molecule has 0 aromatic heterocycles. The van der Waals surface area contributed by atoms with Crippen LogP contribution in [0.2, 0.25) is 0 Å². The van der Waals surface area contributed by atoms with E-state index in [2.05, 4.69) is 28.4 Å². The van der Waals surface area contributed by atoms with E-state index in [9.17, 15) is 4.79 Å². The molecule has 2 aromatic carbocycles. The standard InChI is InChI=1S/C21H26N2O2/c1-23(2)18(17-11-7-8-12-19(17)25-3)15-22-20(24)21(13-14-21)16-9-5-4-6-10-16/h4-12,18H,13-15H2,1-3H3,(H,22,24). The van der Waals surface area contributed by atoms with Crippen molar-refractivity contribution in [1.29, 1.82) is 0 Å². The molecule has 132 valence electrons. The Bertz CT molecular complexity index is 724. The lowest BCUT2D eigenvalue weighted by molar-refractivity contribution is -0.123.